The molecule has 1 fully saturated rings. The molecule has 0 radical (unpaired) electrons. The first-order valence-electron chi connectivity index (χ1n) is 7.01. The van der Waals surface area contributed by atoms with Gasteiger partial charge in [0.05, 0.1) is 5.56 Å². The molecule has 0 atom stereocenters. The Hall–Kier alpha value is -2.04. The Kier molecular flexibility index (Phi) is 3.34. The number of nitrogens with one attached hydrogen (secondary N) is 1. The Morgan fingerprint density at radius 2 is 2.00 bits per heavy atom. The highest BCUT2D eigenvalue weighted by Crippen LogP contribution is 2.31. The van der Waals surface area contributed by atoms with Crippen LogP contribution in [0.15, 0.2) is 18.2 Å². The monoisotopic (exact) mass is 274 g/mol. The zero-order valence-corrected chi connectivity index (χ0v) is 11.3. The first-order valence-corrected chi connectivity index (χ1v) is 7.01. The molecule has 0 unspecified atom stereocenters. The van der Waals surface area contributed by atoms with Crippen molar-refractivity contribution >= 4 is 12.0 Å². The second-order valence-electron chi connectivity index (χ2n) is 5.61. The van der Waals surface area contributed by atoms with Gasteiger partial charge < -0.3 is 15.3 Å². The molecule has 0 bridgehead atoms. The van der Waals surface area contributed by atoms with E-state index < -0.39 is 5.97 Å². The van der Waals surface area contributed by atoms with Crippen molar-refractivity contribution in [3.05, 3.63) is 34.9 Å². The van der Waals surface area contributed by atoms with Crippen LogP contribution in [0.4, 0.5) is 4.79 Å². The molecule has 2 aliphatic rings. The van der Waals surface area contributed by atoms with Crippen LogP contribution < -0.4 is 5.32 Å². The van der Waals surface area contributed by atoms with Crippen LogP contribution >= 0.6 is 0 Å². The summed E-state index contributed by atoms with van der Waals surface area (Å²) in [6.45, 7) is 1.78. The topological polar surface area (TPSA) is 69.6 Å². The minimum Gasteiger partial charge on any atom is -0.478 e. The van der Waals surface area contributed by atoms with Crippen molar-refractivity contribution in [3.8, 4) is 0 Å². The van der Waals surface area contributed by atoms with Gasteiger partial charge in [-0.3, -0.25) is 0 Å². The molecule has 0 saturated heterocycles. The number of fused-ring (bicyclic) bond motifs is 1. The maximum absolute atomic E-state index is 12.0. The highest BCUT2D eigenvalue weighted by molar-refractivity contribution is 5.88. The molecular weight excluding hydrogens is 256 g/mol. The normalized spacial score (nSPS) is 16.9. The first kappa shape index (κ1) is 13.0. The molecule has 5 heteroatoms. The number of hydrogen-bond acceptors (Lipinski definition) is 2. The molecule has 0 aromatic heterocycles. The molecule has 1 saturated carbocycles. The SMILES string of the molecule is O=C(O)c1ccc2c(c1)CN(C(=O)NCCC1CC1)C2. The lowest BCUT2D eigenvalue weighted by molar-refractivity contribution is 0.0696. The van der Waals surface area contributed by atoms with Crippen LogP contribution in [0.5, 0.6) is 0 Å². The molecule has 1 aliphatic heterocycles. The van der Waals surface area contributed by atoms with Gasteiger partial charge in [-0.25, -0.2) is 9.59 Å². The fourth-order valence-electron chi connectivity index (χ4n) is 2.57. The third kappa shape index (κ3) is 2.76. The van der Waals surface area contributed by atoms with Gasteiger partial charge in [-0.2, -0.15) is 0 Å². The van der Waals surface area contributed by atoms with Crippen LogP contribution in [-0.2, 0) is 13.1 Å². The zero-order chi connectivity index (χ0) is 14.1. The van der Waals surface area contributed by atoms with Crippen molar-refractivity contribution in [2.75, 3.05) is 6.54 Å². The van der Waals surface area contributed by atoms with Crippen molar-refractivity contribution in [3.63, 3.8) is 0 Å². The molecule has 1 aliphatic carbocycles. The second kappa shape index (κ2) is 5.15. The Bertz CT molecular complexity index is 552. The molecule has 1 heterocycles. The fourth-order valence-corrected chi connectivity index (χ4v) is 2.57. The van der Waals surface area contributed by atoms with Crippen molar-refractivity contribution < 1.29 is 14.7 Å². The summed E-state index contributed by atoms with van der Waals surface area (Å²) in [5.41, 5.74) is 2.24. The van der Waals surface area contributed by atoms with Gasteiger partial charge in [-0.05, 0) is 35.6 Å². The van der Waals surface area contributed by atoms with Crippen molar-refractivity contribution in [1.29, 1.82) is 0 Å². The number of carboxylic acids is 1. The number of carbonyl (C=O) groups is 2. The predicted molar refractivity (Wildman–Crippen MR) is 73.4 cm³/mol. The largest absolute Gasteiger partial charge is 0.478 e. The molecule has 5 nitrogen and oxygen atoms in total. The number of urea groups is 1. The number of amides is 2. The minimum absolute atomic E-state index is 0.0567. The molecule has 1 aromatic rings. The Labute approximate surface area is 117 Å². The van der Waals surface area contributed by atoms with E-state index in [1.54, 1.807) is 23.1 Å². The van der Waals surface area contributed by atoms with Gasteiger partial charge in [-0.1, -0.05) is 18.9 Å². The summed E-state index contributed by atoms with van der Waals surface area (Å²) < 4.78 is 0. The van der Waals surface area contributed by atoms with Crippen LogP contribution in [0.25, 0.3) is 0 Å². The average Bonchev–Trinajstić information content (AvgIpc) is 3.14. The third-order valence-corrected chi connectivity index (χ3v) is 3.99. The van der Waals surface area contributed by atoms with Gasteiger partial charge in [0.15, 0.2) is 0 Å². The smallest absolute Gasteiger partial charge is 0.335 e. The number of carbonyl (C=O) groups excluding carboxylic acids is 1. The molecule has 1 aromatic carbocycles. The molecular formula is C15H18N2O3. The zero-order valence-electron chi connectivity index (χ0n) is 11.3. The third-order valence-electron chi connectivity index (χ3n) is 3.99. The van der Waals surface area contributed by atoms with Gasteiger partial charge in [-0.15, -0.1) is 0 Å². The second-order valence-corrected chi connectivity index (χ2v) is 5.61. The highest BCUT2D eigenvalue weighted by atomic mass is 16.4. The highest BCUT2D eigenvalue weighted by Gasteiger charge is 2.25. The summed E-state index contributed by atoms with van der Waals surface area (Å²) in [5.74, 6) is -0.121. The predicted octanol–water partition coefficient (Wildman–Crippen LogP) is 2.21. The van der Waals surface area contributed by atoms with Crippen molar-refractivity contribution in [2.24, 2.45) is 5.92 Å². The molecule has 20 heavy (non-hydrogen) atoms. The van der Waals surface area contributed by atoms with E-state index in [0.717, 1.165) is 30.0 Å². The summed E-state index contributed by atoms with van der Waals surface area (Å²) in [4.78, 5) is 24.7. The van der Waals surface area contributed by atoms with E-state index in [-0.39, 0.29) is 11.6 Å². The fraction of sp³-hybridized carbons (Fsp3) is 0.467. The summed E-state index contributed by atoms with van der Waals surface area (Å²) in [5, 5.41) is 11.9. The van der Waals surface area contributed by atoms with E-state index in [4.69, 9.17) is 5.11 Å². The number of hydrogen-bond donors (Lipinski definition) is 2. The average molecular weight is 274 g/mol. The van der Waals surface area contributed by atoms with Gasteiger partial charge in [0, 0.05) is 19.6 Å². The molecule has 2 N–H and O–H groups in total. The summed E-state index contributed by atoms with van der Waals surface area (Å²) in [6.07, 6.45) is 3.65. The molecule has 0 spiro atoms. The van der Waals surface area contributed by atoms with Crippen molar-refractivity contribution in [2.45, 2.75) is 32.4 Å². The lowest BCUT2D eigenvalue weighted by atomic mass is 10.1. The summed E-state index contributed by atoms with van der Waals surface area (Å²) in [6, 6.07) is 5.00. The van der Waals surface area contributed by atoms with Crippen LogP contribution in [0.1, 0.15) is 40.7 Å². The summed E-state index contributed by atoms with van der Waals surface area (Å²) in [7, 11) is 0. The van der Waals surface area contributed by atoms with Gasteiger partial charge in [0.25, 0.3) is 0 Å². The molecule has 2 amide bonds. The lowest BCUT2D eigenvalue weighted by Crippen LogP contribution is -2.37. The molecule has 3 rings (SSSR count). The van der Waals surface area contributed by atoms with Gasteiger partial charge in [0.1, 0.15) is 0 Å². The number of nitrogens with zero attached hydrogens (tertiary/aromatic N) is 1. The maximum atomic E-state index is 12.0. The minimum atomic E-state index is -0.930. The van der Waals surface area contributed by atoms with E-state index in [0.29, 0.717) is 13.1 Å². The number of benzene rings is 1. The maximum Gasteiger partial charge on any atom is 0.335 e. The number of aromatic carboxylic acids is 1. The van der Waals surface area contributed by atoms with Crippen molar-refractivity contribution in [1.82, 2.24) is 10.2 Å². The Morgan fingerprint density at radius 1 is 1.25 bits per heavy atom. The van der Waals surface area contributed by atoms with Gasteiger partial charge >= 0.3 is 12.0 Å². The number of carboxylic acid groups (broad SMARTS) is 1. The molecule has 106 valence electrons. The quantitative estimate of drug-likeness (QED) is 0.884. The Balaban J connectivity index is 1.57. The van der Waals surface area contributed by atoms with E-state index in [2.05, 4.69) is 5.32 Å². The van der Waals surface area contributed by atoms with E-state index in [9.17, 15) is 9.59 Å². The first-order chi connectivity index (χ1) is 9.63. The van der Waals surface area contributed by atoms with E-state index in [1.165, 1.54) is 12.8 Å². The summed E-state index contributed by atoms with van der Waals surface area (Å²) >= 11 is 0. The van der Waals surface area contributed by atoms with E-state index in [1.807, 2.05) is 0 Å². The number of rotatable bonds is 4. The lowest BCUT2D eigenvalue weighted by Gasteiger charge is -2.16. The van der Waals surface area contributed by atoms with Crippen LogP contribution in [0.2, 0.25) is 0 Å². The Morgan fingerprint density at radius 3 is 2.70 bits per heavy atom. The van der Waals surface area contributed by atoms with Gasteiger partial charge in [0.2, 0.25) is 0 Å². The van der Waals surface area contributed by atoms with Crippen LogP contribution in [0.3, 0.4) is 0 Å². The van der Waals surface area contributed by atoms with Crippen LogP contribution in [-0.4, -0.2) is 28.6 Å². The van der Waals surface area contributed by atoms with Crippen LogP contribution in [0, 0.1) is 5.92 Å². The van der Waals surface area contributed by atoms with E-state index >= 15 is 0 Å². The standard InChI is InChI=1S/C15H18N2O3/c18-14(19)11-3-4-12-8-17(9-13(12)7-11)15(20)16-6-5-10-1-2-10/h3-4,7,10H,1-2,5-6,8-9H2,(H,16,20)(H,18,19).